The van der Waals surface area contributed by atoms with E-state index in [1.165, 1.54) is 0 Å². The Bertz CT molecular complexity index is 1960. The summed E-state index contributed by atoms with van der Waals surface area (Å²) in [5.41, 5.74) is 0.556. The summed E-state index contributed by atoms with van der Waals surface area (Å²) in [5, 5.41) is 2.93. The first-order valence-corrected chi connectivity index (χ1v) is 20.0. The number of benzene rings is 2. The number of aromatic nitrogens is 4. The SMILES string of the molecule is CC(C)(C)OC(=O)CN(CC(=O)OC(C)(C)C)C(=O)Cn1ccnc1CN(CCc1ccc(NS(=O)O)cc1)Cc1nccn1CC(=O)Nc1cccc(I)c1. The second-order valence-corrected chi connectivity index (χ2v) is 16.9. The average molecular weight is 905 g/mol. The molecule has 4 rings (SSSR count). The standard InChI is InChI=1S/C38H49IN8O8S/c1-37(2,3)54-35(50)25-47(26-36(51)55-38(4,5)6)34(49)24-46-19-16-41-32(46)22-44(17-14-27-10-12-29(13-11-27)43-56(52)53)21-31-40-15-18-45(31)23-33(48)42-30-9-7-8-28(39)20-30/h7-13,15-16,18-20,43H,14,17,21-26H2,1-6H3,(H,42,48)(H,52,53). The van der Waals surface area contributed by atoms with Crippen LogP contribution < -0.4 is 10.0 Å². The highest BCUT2D eigenvalue weighted by Gasteiger charge is 2.27. The summed E-state index contributed by atoms with van der Waals surface area (Å²) in [6.45, 7) is 10.3. The molecule has 1 atom stereocenters. The Hall–Kier alpha value is -4.66. The molecule has 16 nitrogen and oxygen atoms in total. The number of nitrogens with one attached hydrogen (secondary N) is 2. The summed E-state index contributed by atoms with van der Waals surface area (Å²) >= 11 is -0.00873. The molecule has 2 heterocycles. The van der Waals surface area contributed by atoms with Gasteiger partial charge in [0.15, 0.2) is 0 Å². The second kappa shape index (κ2) is 20.0. The Morgan fingerprint density at radius 3 is 1.89 bits per heavy atom. The summed E-state index contributed by atoms with van der Waals surface area (Å²) in [7, 11) is 0. The van der Waals surface area contributed by atoms with Crippen LogP contribution in [0.4, 0.5) is 11.4 Å². The molecule has 0 fully saturated rings. The first-order valence-electron chi connectivity index (χ1n) is 17.8. The first kappa shape index (κ1) is 44.1. The molecule has 4 aromatic rings. The minimum atomic E-state index is -2.19. The lowest BCUT2D eigenvalue weighted by Gasteiger charge is -2.27. The molecule has 0 radical (unpaired) electrons. The maximum Gasteiger partial charge on any atom is 0.326 e. The molecule has 0 aliphatic rings. The van der Waals surface area contributed by atoms with Crippen molar-refractivity contribution >= 4 is 69.0 Å². The average Bonchev–Trinajstić information content (AvgIpc) is 3.70. The molecule has 0 saturated carbocycles. The van der Waals surface area contributed by atoms with Gasteiger partial charge in [0, 0.05) is 46.3 Å². The quantitative estimate of drug-likeness (QED) is 0.0718. The minimum Gasteiger partial charge on any atom is -0.459 e. The summed E-state index contributed by atoms with van der Waals surface area (Å²) in [6, 6.07) is 14.6. The van der Waals surface area contributed by atoms with Crippen LogP contribution in [0.25, 0.3) is 0 Å². The molecule has 0 saturated heterocycles. The van der Waals surface area contributed by atoms with E-state index in [0.717, 1.165) is 14.0 Å². The van der Waals surface area contributed by atoms with Crippen molar-refractivity contribution < 1.29 is 37.4 Å². The zero-order valence-corrected chi connectivity index (χ0v) is 35.3. The molecule has 2 aromatic carbocycles. The number of esters is 2. The predicted octanol–water partition coefficient (Wildman–Crippen LogP) is 4.63. The van der Waals surface area contributed by atoms with Gasteiger partial charge in [-0.3, -0.25) is 33.4 Å². The Morgan fingerprint density at radius 1 is 0.821 bits per heavy atom. The molecule has 2 amide bonds. The maximum absolute atomic E-state index is 13.8. The number of carbonyl (C=O) groups is 4. The summed E-state index contributed by atoms with van der Waals surface area (Å²) in [4.78, 5) is 64.7. The van der Waals surface area contributed by atoms with E-state index in [1.54, 1.807) is 87.6 Å². The number of amides is 2. The fraction of sp³-hybridized carbons (Fsp3) is 0.421. The van der Waals surface area contributed by atoms with Gasteiger partial charge >= 0.3 is 11.9 Å². The van der Waals surface area contributed by atoms with Crippen molar-refractivity contribution in [1.82, 2.24) is 28.9 Å². The molecule has 3 N–H and O–H groups in total. The molecule has 0 bridgehead atoms. The van der Waals surface area contributed by atoms with E-state index >= 15 is 0 Å². The second-order valence-electron chi connectivity index (χ2n) is 14.9. The molecule has 0 aliphatic heterocycles. The van der Waals surface area contributed by atoms with Crippen LogP contribution in [0.3, 0.4) is 0 Å². The maximum atomic E-state index is 13.8. The lowest BCUT2D eigenvalue weighted by atomic mass is 10.1. The Morgan fingerprint density at radius 2 is 1.38 bits per heavy atom. The number of halogens is 1. The molecule has 2 aromatic heterocycles. The predicted molar refractivity (Wildman–Crippen MR) is 219 cm³/mol. The van der Waals surface area contributed by atoms with Gasteiger partial charge in [-0.05, 0) is 106 Å². The molecular weight excluding hydrogens is 855 g/mol. The normalized spacial score (nSPS) is 12.2. The topological polar surface area (TPSA) is 190 Å². The number of rotatable bonds is 18. The van der Waals surface area contributed by atoms with Crippen LogP contribution in [0.1, 0.15) is 58.8 Å². The van der Waals surface area contributed by atoms with Crippen LogP contribution in [0.2, 0.25) is 0 Å². The molecule has 18 heteroatoms. The summed E-state index contributed by atoms with van der Waals surface area (Å²) in [6.07, 6.45) is 7.17. The zero-order valence-electron chi connectivity index (χ0n) is 32.4. The van der Waals surface area contributed by atoms with Crippen molar-refractivity contribution in [2.45, 2.75) is 85.3 Å². The monoisotopic (exact) mass is 904 g/mol. The number of carbonyl (C=O) groups excluding carboxylic acids is 4. The number of imidazole rings is 2. The Kier molecular flexibility index (Phi) is 15.7. The third kappa shape index (κ3) is 15.5. The van der Waals surface area contributed by atoms with E-state index in [1.807, 2.05) is 36.4 Å². The lowest BCUT2D eigenvalue weighted by Crippen LogP contribution is -2.44. The smallest absolute Gasteiger partial charge is 0.326 e. The third-order valence-electron chi connectivity index (χ3n) is 7.77. The van der Waals surface area contributed by atoms with Crippen molar-refractivity contribution in [2.24, 2.45) is 0 Å². The summed E-state index contributed by atoms with van der Waals surface area (Å²) in [5.74, 6) is -0.897. The van der Waals surface area contributed by atoms with Crippen molar-refractivity contribution in [3.8, 4) is 0 Å². The molecule has 1 unspecified atom stereocenters. The van der Waals surface area contributed by atoms with Gasteiger partial charge in [-0.25, -0.2) is 14.2 Å². The summed E-state index contributed by atoms with van der Waals surface area (Å²) < 4.78 is 38.1. The van der Waals surface area contributed by atoms with Gasteiger partial charge in [-0.2, -0.15) is 0 Å². The van der Waals surface area contributed by atoms with Crippen LogP contribution >= 0.6 is 22.6 Å². The van der Waals surface area contributed by atoms with Crippen molar-refractivity contribution in [1.29, 1.82) is 0 Å². The highest BCUT2D eigenvalue weighted by atomic mass is 127. The van der Waals surface area contributed by atoms with Gasteiger partial charge in [0.2, 0.25) is 11.8 Å². The zero-order chi connectivity index (χ0) is 41.0. The molecule has 0 aliphatic carbocycles. The largest absolute Gasteiger partial charge is 0.459 e. The van der Waals surface area contributed by atoms with Crippen LogP contribution in [0.15, 0.2) is 73.3 Å². The van der Waals surface area contributed by atoms with Crippen molar-refractivity contribution in [3.05, 3.63) is 94.1 Å². The fourth-order valence-corrected chi connectivity index (χ4v) is 6.35. The van der Waals surface area contributed by atoms with Crippen LogP contribution in [-0.4, -0.2) is 92.3 Å². The van der Waals surface area contributed by atoms with Crippen LogP contribution in [-0.2, 0) is 72.5 Å². The number of anilines is 2. The lowest BCUT2D eigenvalue weighted by molar-refractivity contribution is -0.164. The first-order chi connectivity index (χ1) is 26.3. The number of hydrogen-bond donors (Lipinski definition) is 3. The number of ether oxygens (including phenoxy) is 2. The van der Waals surface area contributed by atoms with Crippen LogP contribution in [0.5, 0.6) is 0 Å². The van der Waals surface area contributed by atoms with Gasteiger partial charge in [0.25, 0.3) is 11.3 Å². The molecule has 0 spiro atoms. The fourth-order valence-electron chi connectivity index (χ4n) is 5.47. The highest BCUT2D eigenvalue weighted by molar-refractivity contribution is 14.1. The van der Waals surface area contributed by atoms with E-state index in [2.05, 4.69) is 47.5 Å². The van der Waals surface area contributed by atoms with Gasteiger partial charge < -0.3 is 28.8 Å². The van der Waals surface area contributed by atoms with E-state index < -0.39 is 53.4 Å². The van der Waals surface area contributed by atoms with E-state index in [0.29, 0.717) is 42.5 Å². The molecule has 56 heavy (non-hydrogen) atoms. The van der Waals surface area contributed by atoms with Crippen LogP contribution in [0, 0.1) is 3.57 Å². The van der Waals surface area contributed by atoms with E-state index in [-0.39, 0.29) is 25.5 Å². The third-order valence-corrected chi connectivity index (χ3v) is 8.85. The van der Waals surface area contributed by atoms with Gasteiger partial charge in [0.05, 0.1) is 13.1 Å². The van der Waals surface area contributed by atoms with E-state index in [4.69, 9.17) is 9.47 Å². The molecular formula is C38H49IN8O8S. The van der Waals surface area contributed by atoms with Gasteiger partial charge in [-0.1, -0.05) is 18.2 Å². The highest BCUT2D eigenvalue weighted by Crippen LogP contribution is 2.17. The van der Waals surface area contributed by atoms with Crippen molar-refractivity contribution in [3.63, 3.8) is 0 Å². The van der Waals surface area contributed by atoms with Gasteiger partial charge in [0.1, 0.15) is 49.0 Å². The van der Waals surface area contributed by atoms with Crippen molar-refractivity contribution in [2.75, 3.05) is 29.7 Å². The minimum absolute atomic E-state index is 0.0313. The van der Waals surface area contributed by atoms with Gasteiger partial charge in [-0.15, -0.1) is 0 Å². The number of hydrogen-bond acceptors (Lipinski definition) is 10. The Labute approximate surface area is 342 Å². The van der Waals surface area contributed by atoms with E-state index in [9.17, 15) is 27.9 Å². The Balaban J connectivity index is 1.53. The number of nitrogens with zero attached hydrogens (tertiary/aromatic N) is 6. The molecule has 302 valence electrons.